The molecule has 0 aliphatic rings. The van der Waals surface area contributed by atoms with Gasteiger partial charge in [-0.3, -0.25) is 9.36 Å². The lowest BCUT2D eigenvalue weighted by Gasteiger charge is -2.12. The van der Waals surface area contributed by atoms with Crippen molar-refractivity contribution in [1.82, 2.24) is 15.0 Å². The molecule has 6 nitrogen and oxygen atoms in total. The van der Waals surface area contributed by atoms with Gasteiger partial charge in [0.15, 0.2) is 5.82 Å². The molecule has 2 aromatic rings. The summed E-state index contributed by atoms with van der Waals surface area (Å²) in [7, 11) is 0. The minimum absolute atomic E-state index is 0.0543. The van der Waals surface area contributed by atoms with Crippen LogP contribution >= 0.6 is 0 Å². The standard InChI is InChI=1S/C15H21N3O3/c1-9(5-6-19)16-15(20)13-7-10(2)18(12(13)4)14-8-11(3)21-17-14/h7-9,19H,5-6H2,1-4H3,(H,16,20)/t9-/m1/s1. The number of carbonyl (C=O) groups is 1. The van der Waals surface area contributed by atoms with Crippen LogP contribution in [-0.4, -0.2) is 33.4 Å². The van der Waals surface area contributed by atoms with Crippen LogP contribution in [0, 0.1) is 20.8 Å². The Morgan fingerprint density at radius 1 is 1.43 bits per heavy atom. The molecule has 21 heavy (non-hydrogen) atoms. The maximum atomic E-state index is 12.3. The molecule has 6 heteroatoms. The average Bonchev–Trinajstić information content (AvgIpc) is 2.93. The molecule has 0 bridgehead atoms. The number of aliphatic hydroxyl groups is 1. The zero-order chi connectivity index (χ0) is 15.6. The molecule has 0 saturated heterocycles. The summed E-state index contributed by atoms with van der Waals surface area (Å²) in [5.74, 6) is 1.25. The monoisotopic (exact) mass is 291 g/mol. The molecule has 0 radical (unpaired) electrons. The lowest BCUT2D eigenvalue weighted by molar-refractivity contribution is 0.0934. The van der Waals surface area contributed by atoms with Crippen LogP contribution in [-0.2, 0) is 0 Å². The summed E-state index contributed by atoms with van der Waals surface area (Å²) < 4.78 is 6.99. The minimum Gasteiger partial charge on any atom is -0.396 e. The van der Waals surface area contributed by atoms with E-state index in [1.54, 1.807) is 0 Å². The second kappa shape index (κ2) is 6.13. The lowest BCUT2D eigenvalue weighted by atomic mass is 10.2. The molecule has 2 rings (SSSR count). The number of aliphatic hydroxyl groups excluding tert-OH is 1. The van der Waals surface area contributed by atoms with E-state index in [0.29, 0.717) is 17.8 Å². The number of nitrogens with zero attached hydrogens (tertiary/aromatic N) is 2. The lowest BCUT2D eigenvalue weighted by Crippen LogP contribution is -2.33. The van der Waals surface area contributed by atoms with Crippen molar-refractivity contribution in [3.8, 4) is 5.82 Å². The van der Waals surface area contributed by atoms with E-state index < -0.39 is 0 Å². The van der Waals surface area contributed by atoms with Gasteiger partial charge in [0, 0.05) is 30.1 Å². The smallest absolute Gasteiger partial charge is 0.253 e. The summed E-state index contributed by atoms with van der Waals surface area (Å²) in [5, 5.41) is 15.8. The molecular weight excluding hydrogens is 270 g/mol. The predicted molar refractivity (Wildman–Crippen MR) is 78.7 cm³/mol. The maximum absolute atomic E-state index is 12.3. The number of aryl methyl sites for hydroxylation is 2. The summed E-state index contributed by atoms with van der Waals surface area (Å²) in [5.41, 5.74) is 2.34. The summed E-state index contributed by atoms with van der Waals surface area (Å²) in [6.45, 7) is 7.55. The van der Waals surface area contributed by atoms with Crippen LogP contribution in [0.1, 0.15) is 40.9 Å². The summed E-state index contributed by atoms with van der Waals surface area (Å²) >= 11 is 0. The number of nitrogens with one attached hydrogen (secondary N) is 1. The molecular formula is C15H21N3O3. The van der Waals surface area contributed by atoms with E-state index in [0.717, 1.165) is 17.1 Å². The molecule has 0 aliphatic heterocycles. The first-order valence-corrected chi connectivity index (χ1v) is 6.98. The van der Waals surface area contributed by atoms with Gasteiger partial charge in [-0.1, -0.05) is 5.16 Å². The van der Waals surface area contributed by atoms with Crippen molar-refractivity contribution >= 4 is 5.91 Å². The van der Waals surface area contributed by atoms with Crippen LogP contribution in [0.2, 0.25) is 0 Å². The Morgan fingerprint density at radius 2 is 2.14 bits per heavy atom. The molecule has 114 valence electrons. The van der Waals surface area contributed by atoms with E-state index in [2.05, 4.69) is 10.5 Å². The average molecular weight is 291 g/mol. The van der Waals surface area contributed by atoms with Gasteiger partial charge in [-0.25, -0.2) is 0 Å². The Kier molecular flexibility index (Phi) is 4.47. The zero-order valence-corrected chi connectivity index (χ0v) is 12.8. The van der Waals surface area contributed by atoms with Crippen molar-refractivity contribution in [2.45, 2.75) is 40.2 Å². The van der Waals surface area contributed by atoms with Crippen molar-refractivity contribution in [1.29, 1.82) is 0 Å². The first kappa shape index (κ1) is 15.3. The third-order valence-electron chi connectivity index (χ3n) is 3.46. The molecule has 1 amide bonds. The largest absolute Gasteiger partial charge is 0.396 e. The molecule has 0 aromatic carbocycles. The Hall–Kier alpha value is -2.08. The second-order valence-corrected chi connectivity index (χ2v) is 5.30. The highest BCUT2D eigenvalue weighted by atomic mass is 16.5. The molecule has 2 heterocycles. The van der Waals surface area contributed by atoms with Gasteiger partial charge in [-0.15, -0.1) is 0 Å². The van der Waals surface area contributed by atoms with Gasteiger partial charge in [0.25, 0.3) is 5.91 Å². The fourth-order valence-electron chi connectivity index (χ4n) is 2.37. The molecule has 2 aromatic heterocycles. The third-order valence-corrected chi connectivity index (χ3v) is 3.46. The number of carbonyl (C=O) groups excluding carboxylic acids is 1. The molecule has 0 aliphatic carbocycles. The SMILES string of the molecule is Cc1cc(-n2c(C)cc(C(=O)N[C@H](C)CCO)c2C)no1. The van der Waals surface area contributed by atoms with Crippen molar-refractivity contribution in [3.05, 3.63) is 34.8 Å². The molecule has 2 N–H and O–H groups in total. The summed E-state index contributed by atoms with van der Waals surface area (Å²) in [6.07, 6.45) is 0.535. The molecule has 1 atom stereocenters. The van der Waals surface area contributed by atoms with Gasteiger partial charge < -0.3 is 14.9 Å². The van der Waals surface area contributed by atoms with Gasteiger partial charge in [0.1, 0.15) is 5.76 Å². The zero-order valence-electron chi connectivity index (χ0n) is 12.8. The van der Waals surface area contributed by atoms with Crippen LogP contribution in [0.3, 0.4) is 0 Å². The highest BCUT2D eigenvalue weighted by molar-refractivity contribution is 5.96. The van der Waals surface area contributed by atoms with E-state index in [4.69, 9.17) is 9.63 Å². The van der Waals surface area contributed by atoms with E-state index in [1.165, 1.54) is 0 Å². The number of rotatable bonds is 5. The minimum atomic E-state index is -0.143. The number of aromatic nitrogens is 2. The van der Waals surface area contributed by atoms with Crippen LogP contribution < -0.4 is 5.32 Å². The fraction of sp³-hybridized carbons (Fsp3) is 0.467. The Labute approximate surface area is 123 Å². The normalized spacial score (nSPS) is 12.4. The Balaban J connectivity index is 2.29. The molecule has 0 spiro atoms. The van der Waals surface area contributed by atoms with Crippen molar-refractivity contribution in [3.63, 3.8) is 0 Å². The predicted octanol–water partition coefficient (Wildman–Crippen LogP) is 1.89. The van der Waals surface area contributed by atoms with Crippen LogP contribution in [0.5, 0.6) is 0 Å². The Bertz CT molecular complexity index is 643. The van der Waals surface area contributed by atoms with Gasteiger partial charge in [0.05, 0.1) is 5.56 Å². The fourth-order valence-corrected chi connectivity index (χ4v) is 2.37. The quantitative estimate of drug-likeness (QED) is 0.881. The van der Waals surface area contributed by atoms with E-state index in [-0.39, 0.29) is 18.6 Å². The van der Waals surface area contributed by atoms with Crippen molar-refractivity contribution in [2.75, 3.05) is 6.61 Å². The Morgan fingerprint density at radius 3 is 2.71 bits per heavy atom. The second-order valence-electron chi connectivity index (χ2n) is 5.30. The first-order chi connectivity index (χ1) is 9.93. The molecule has 0 saturated carbocycles. The van der Waals surface area contributed by atoms with Gasteiger partial charge >= 0.3 is 0 Å². The van der Waals surface area contributed by atoms with Crippen LogP contribution in [0.4, 0.5) is 0 Å². The van der Waals surface area contributed by atoms with E-state index >= 15 is 0 Å². The van der Waals surface area contributed by atoms with E-state index in [9.17, 15) is 4.79 Å². The summed E-state index contributed by atoms with van der Waals surface area (Å²) in [4.78, 5) is 12.3. The third kappa shape index (κ3) is 3.16. The van der Waals surface area contributed by atoms with Gasteiger partial charge in [-0.05, 0) is 40.2 Å². The molecule has 0 unspecified atom stereocenters. The van der Waals surface area contributed by atoms with Gasteiger partial charge in [0.2, 0.25) is 0 Å². The van der Waals surface area contributed by atoms with Crippen molar-refractivity contribution in [2.24, 2.45) is 0 Å². The topological polar surface area (TPSA) is 80.3 Å². The summed E-state index contributed by atoms with van der Waals surface area (Å²) in [6, 6.07) is 3.59. The van der Waals surface area contributed by atoms with E-state index in [1.807, 2.05) is 44.4 Å². The van der Waals surface area contributed by atoms with Crippen LogP contribution in [0.25, 0.3) is 5.82 Å². The van der Waals surface area contributed by atoms with Gasteiger partial charge in [-0.2, -0.15) is 0 Å². The highest BCUT2D eigenvalue weighted by Crippen LogP contribution is 2.20. The number of hydrogen-bond acceptors (Lipinski definition) is 4. The number of hydrogen-bond donors (Lipinski definition) is 2. The van der Waals surface area contributed by atoms with Crippen molar-refractivity contribution < 1.29 is 14.4 Å². The highest BCUT2D eigenvalue weighted by Gasteiger charge is 2.19. The number of amides is 1. The first-order valence-electron chi connectivity index (χ1n) is 6.98. The molecule has 0 fully saturated rings. The van der Waals surface area contributed by atoms with Crippen LogP contribution in [0.15, 0.2) is 16.7 Å². The maximum Gasteiger partial charge on any atom is 0.253 e.